The first-order chi connectivity index (χ1) is 14.2. The van der Waals surface area contributed by atoms with Crippen molar-refractivity contribution >= 4 is 12.1 Å². The number of phenolic OH excluding ortho intramolecular Hbond substituents is 2. The molecule has 0 amide bonds. The molecule has 7 nitrogen and oxygen atoms in total. The summed E-state index contributed by atoms with van der Waals surface area (Å²) in [6.07, 6.45) is 1.13. The van der Waals surface area contributed by atoms with E-state index >= 15 is 0 Å². The molecule has 2 N–H and O–H groups in total. The van der Waals surface area contributed by atoms with Crippen LogP contribution in [0.15, 0.2) is 18.2 Å². The molecule has 0 saturated carbocycles. The number of hydrogen-bond acceptors (Lipinski definition) is 7. The van der Waals surface area contributed by atoms with Crippen LogP contribution in [0.1, 0.15) is 51.3 Å². The van der Waals surface area contributed by atoms with E-state index in [0.29, 0.717) is 19.3 Å². The van der Waals surface area contributed by atoms with E-state index in [0.717, 1.165) is 11.1 Å². The number of aromatic hydroxyl groups is 2. The van der Waals surface area contributed by atoms with Crippen LogP contribution in [0.5, 0.6) is 23.0 Å². The first-order valence-corrected chi connectivity index (χ1v) is 9.79. The van der Waals surface area contributed by atoms with Crippen molar-refractivity contribution in [2.45, 2.75) is 33.0 Å². The predicted octanol–water partition coefficient (Wildman–Crippen LogP) is 3.39. The van der Waals surface area contributed by atoms with Crippen LogP contribution in [0.2, 0.25) is 0 Å². The van der Waals surface area contributed by atoms with E-state index in [-0.39, 0.29) is 51.5 Å². The number of methoxy groups -OCH3 is 1. The highest BCUT2D eigenvalue weighted by molar-refractivity contribution is 6.16. The molecule has 7 heteroatoms. The maximum Gasteiger partial charge on any atom is 0.211 e. The van der Waals surface area contributed by atoms with Crippen LogP contribution in [0.3, 0.4) is 0 Å². The second kappa shape index (κ2) is 7.02. The zero-order valence-corrected chi connectivity index (χ0v) is 17.3. The first-order valence-electron chi connectivity index (χ1n) is 9.79. The van der Waals surface area contributed by atoms with E-state index in [1.54, 1.807) is 0 Å². The zero-order chi connectivity index (χ0) is 21.8. The van der Waals surface area contributed by atoms with Crippen LogP contribution in [-0.4, -0.2) is 41.8 Å². The molecular formula is C23H24O7. The first kappa shape index (κ1) is 20.2. The molecule has 158 valence electrons. The summed E-state index contributed by atoms with van der Waals surface area (Å²) in [7, 11) is 1.34. The van der Waals surface area contributed by atoms with Gasteiger partial charge in [-0.15, -0.1) is 0 Å². The summed E-state index contributed by atoms with van der Waals surface area (Å²) in [5, 5.41) is 20.7. The van der Waals surface area contributed by atoms with Gasteiger partial charge in [-0.3, -0.25) is 9.59 Å². The second-order valence-electron chi connectivity index (χ2n) is 8.17. The highest BCUT2D eigenvalue weighted by Crippen LogP contribution is 2.50. The minimum atomic E-state index is -0.911. The van der Waals surface area contributed by atoms with Gasteiger partial charge < -0.3 is 24.4 Å². The van der Waals surface area contributed by atoms with E-state index < -0.39 is 11.6 Å². The van der Waals surface area contributed by atoms with Crippen LogP contribution in [-0.2, 0) is 11.2 Å². The number of ketones is 1. The van der Waals surface area contributed by atoms with Crippen LogP contribution >= 0.6 is 0 Å². The molecule has 3 atom stereocenters. The highest BCUT2D eigenvalue weighted by atomic mass is 16.7. The average molecular weight is 412 g/mol. The Balaban J connectivity index is 1.91. The zero-order valence-electron chi connectivity index (χ0n) is 17.3. The van der Waals surface area contributed by atoms with Crippen LogP contribution in [0.25, 0.3) is 0 Å². The molecule has 30 heavy (non-hydrogen) atoms. The number of carbonyl (C=O) groups is 2. The van der Waals surface area contributed by atoms with Gasteiger partial charge in [-0.2, -0.15) is 0 Å². The Bertz CT molecular complexity index is 1060. The minimum Gasteiger partial charge on any atom is -0.508 e. The average Bonchev–Trinajstić information content (AvgIpc) is 2.99. The molecule has 3 unspecified atom stereocenters. The van der Waals surface area contributed by atoms with Gasteiger partial charge >= 0.3 is 0 Å². The fourth-order valence-corrected chi connectivity index (χ4v) is 4.57. The summed E-state index contributed by atoms with van der Waals surface area (Å²) in [5.74, 6) is -1.33. The molecule has 4 rings (SSSR count). The summed E-state index contributed by atoms with van der Waals surface area (Å²) in [6.45, 7) is 6.34. The predicted molar refractivity (Wildman–Crippen MR) is 108 cm³/mol. The summed E-state index contributed by atoms with van der Waals surface area (Å²) in [5.41, 5.74) is 1.48. The molecule has 2 aromatic rings. The largest absolute Gasteiger partial charge is 0.508 e. The molecule has 0 spiro atoms. The van der Waals surface area contributed by atoms with Gasteiger partial charge in [0.2, 0.25) is 11.6 Å². The van der Waals surface area contributed by atoms with Gasteiger partial charge in [-0.05, 0) is 42.5 Å². The smallest absolute Gasteiger partial charge is 0.211 e. The third-order valence-corrected chi connectivity index (χ3v) is 6.24. The Morgan fingerprint density at radius 2 is 2.03 bits per heavy atom. The fourth-order valence-electron chi connectivity index (χ4n) is 4.57. The lowest BCUT2D eigenvalue weighted by Gasteiger charge is -2.39. The fraction of sp³-hybridized carbons (Fsp3) is 0.391. The van der Waals surface area contributed by atoms with Gasteiger partial charge in [-0.25, -0.2) is 0 Å². The van der Waals surface area contributed by atoms with Gasteiger partial charge in [0, 0.05) is 24.5 Å². The Morgan fingerprint density at radius 3 is 2.70 bits per heavy atom. The molecule has 0 bridgehead atoms. The number of fused-ring (bicyclic) bond motifs is 2. The molecule has 0 aliphatic carbocycles. The van der Waals surface area contributed by atoms with Crippen molar-refractivity contribution in [3.05, 3.63) is 46.0 Å². The topological polar surface area (TPSA) is 102 Å². The lowest BCUT2D eigenvalue weighted by atomic mass is 9.80. The molecule has 1 fully saturated rings. The molecule has 2 aliphatic heterocycles. The number of aryl methyl sites for hydroxylation is 1. The van der Waals surface area contributed by atoms with Crippen LogP contribution in [0, 0.1) is 18.8 Å². The Hall–Kier alpha value is -3.06. The summed E-state index contributed by atoms with van der Waals surface area (Å²) in [6, 6.07) is 3.96. The van der Waals surface area contributed by atoms with E-state index in [1.165, 1.54) is 25.3 Å². The van der Waals surface area contributed by atoms with Gasteiger partial charge in [0.15, 0.2) is 6.29 Å². The van der Waals surface area contributed by atoms with Crippen LogP contribution < -0.4 is 9.47 Å². The molecule has 2 aliphatic rings. The summed E-state index contributed by atoms with van der Waals surface area (Å²) in [4.78, 5) is 25.2. The molecule has 2 aromatic carbocycles. The molecular weight excluding hydrogens is 388 g/mol. The van der Waals surface area contributed by atoms with Gasteiger partial charge in [0.1, 0.15) is 28.6 Å². The third-order valence-electron chi connectivity index (χ3n) is 6.24. The van der Waals surface area contributed by atoms with Gasteiger partial charge in [0.05, 0.1) is 19.3 Å². The highest BCUT2D eigenvalue weighted by Gasteiger charge is 2.51. The number of hydrogen-bond donors (Lipinski definition) is 2. The Morgan fingerprint density at radius 1 is 1.30 bits per heavy atom. The van der Waals surface area contributed by atoms with Crippen LogP contribution in [0.4, 0.5) is 0 Å². The van der Waals surface area contributed by atoms with E-state index in [4.69, 9.17) is 14.2 Å². The number of benzene rings is 2. The lowest BCUT2D eigenvalue weighted by molar-refractivity contribution is -0.166. The Labute approximate surface area is 174 Å². The number of rotatable bonds is 4. The quantitative estimate of drug-likeness (QED) is 0.586. The second-order valence-corrected chi connectivity index (χ2v) is 8.17. The maximum atomic E-state index is 13.5. The molecule has 0 radical (unpaired) electrons. The third kappa shape index (κ3) is 2.92. The number of phenols is 2. The maximum absolute atomic E-state index is 13.5. The van der Waals surface area contributed by atoms with Crippen molar-refractivity contribution in [2.24, 2.45) is 11.8 Å². The number of carbonyl (C=O) groups excluding carboxylic acids is 2. The monoisotopic (exact) mass is 412 g/mol. The SMILES string of the molecule is COc1cc(O)cc(C(=O)c2c(O)cc(C)c3c2OC2(C)OCC(C)C2C3)c1C=O. The molecule has 2 heterocycles. The normalized spacial score (nSPS) is 24.5. The minimum absolute atomic E-state index is 0.0142. The summed E-state index contributed by atoms with van der Waals surface area (Å²) >= 11 is 0. The Kier molecular flexibility index (Phi) is 4.73. The lowest BCUT2D eigenvalue weighted by Crippen LogP contribution is -2.44. The van der Waals surface area contributed by atoms with Crippen molar-refractivity contribution in [1.82, 2.24) is 0 Å². The van der Waals surface area contributed by atoms with Gasteiger partial charge in [0.25, 0.3) is 0 Å². The van der Waals surface area contributed by atoms with Crippen molar-refractivity contribution < 1.29 is 34.0 Å². The molecule has 0 aromatic heterocycles. The van der Waals surface area contributed by atoms with Crippen molar-refractivity contribution in [1.29, 1.82) is 0 Å². The summed E-state index contributed by atoms with van der Waals surface area (Å²) < 4.78 is 17.3. The number of ether oxygens (including phenoxy) is 3. The van der Waals surface area contributed by atoms with E-state index in [9.17, 15) is 19.8 Å². The van der Waals surface area contributed by atoms with Crippen molar-refractivity contribution in [3.8, 4) is 23.0 Å². The van der Waals surface area contributed by atoms with E-state index in [2.05, 4.69) is 6.92 Å². The van der Waals surface area contributed by atoms with E-state index in [1.807, 2.05) is 13.8 Å². The van der Waals surface area contributed by atoms with Crippen molar-refractivity contribution in [3.63, 3.8) is 0 Å². The van der Waals surface area contributed by atoms with Crippen molar-refractivity contribution in [2.75, 3.05) is 13.7 Å². The number of aldehydes is 1. The molecule has 1 saturated heterocycles. The van der Waals surface area contributed by atoms with Gasteiger partial charge in [-0.1, -0.05) is 6.92 Å². The standard InChI is InChI=1S/C23H24O7/c1-11-5-18(26)20(21(27)15-6-13(25)7-19(28-4)16(15)9-24)22-14(11)8-17-12(2)10-29-23(17,3)30-22/h5-7,9,12,17,25-26H,8,10H2,1-4H3.